The molecule has 1 aromatic carbocycles. The van der Waals surface area contributed by atoms with Crippen LogP contribution in [0.5, 0.6) is 0 Å². The first-order valence-electron chi connectivity index (χ1n) is 8.33. The van der Waals surface area contributed by atoms with Gasteiger partial charge in [0.15, 0.2) is 0 Å². The summed E-state index contributed by atoms with van der Waals surface area (Å²) in [7, 11) is 0. The molecule has 0 radical (unpaired) electrons. The third-order valence-electron chi connectivity index (χ3n) is 4.06. The fourth-order valence-corrected chi connectivity index (χ4v) is 2.71. The summed E-state index contributed by atoms with van der Waals surface area (Å²) in [4.78, 5) is 23.1. The molecule has 0 atom stereocenters. The molecule has 2 N–H and O–H groups in total. The number of rotatable bonds is 5. The van der Waals surface area contributed by atoms with Gasteiger partial charge in [-0.05, 0) is 51.0 Å². The number of amides is 2. The van der Waals surface area contributed by atoms with E-state index in [0.717, 1.165) is 22.6 Å². The van der Waals surface area contributed by atoms with Crippen molar-refractivity contribution in [2.75, 3.05) is 6.54 Å². The number of hydrazone groups is 1. The molecule has 2 amide bonds. The van der Waals surface area contributed by atoms with Crippen molar-refractivity contribution in [3.8, 4) is 5.69 Å². The number of hydrogen-bond donors (Lipinski definition) is 2. The third kappa shape index (κ3) is 4.27. The summed E-state index contributed by atoms with van der Waals surface area (Å²) >= 11 is 0. The number of aromatic nitrogens is 1. The Morgan fingerprint density at radius 1 is 1.15 bits per heavy atom. The van der Waals surface area contributed by atoms with Gasteiger partial charge in [-0.3, -0.25) is 9.59 Å². The normalized spacial score (nSPS) is 10.8. The van der Waals surface area contributed by atoms with Gasteiger partial charge in [0.25, 0.3) is 0 Å². The average molecular weight is 352 g/mol. The fraction of sp³-hybridized carbons (Fsp3) is 0.250. The lowest BCUT2D eigenvalue weighted by Gasteiger charge is -2.13. The van der Waals surface area contributed by atoms with Gasteiger partial charge in [-0.25, -0.2) is 5.43 Å². The van der Waals surface area contributed by atoms with Crippen molar-refractivity contribution in [3.63, 3.8) is 0 Å². The maximum Gasteiger partial charge on any atom is 0.329 e. The van der Waals surface area contributed by atoms with E-state index in [-0.39, 0.29) is 6.54 Å². The second-order valence-corrected chi connectivity index (χ2v) is 6.15. The number of aryl methyl sites for hydroxylation is 3. The number of benzene rings is 1. The van der Waals surface area contributed by atoms with E-state index in [0.29, 0.717) is 0 Å². The zero-order chi connectivity index (χ0) is 19.3. The predicted molar refractivity (Wildman–Crippen MR) is 104 cm³/mol. The molecule has 0 fully saturated rings. The Kier molecular flexibility index (Phi) is 6.11. The number of carbonyl (C=O) groups is 2. The van der Waals surface area contributed by atoms with E-state index >= 15 is 0 Å². The second-order valence-electron chi connectivity index (χ2n) is 6.15. The summed E-state index contributed by atoms with van der Waals surface area (Å²) in [6.45, 7) is 11.9. The minimum absolute atomic E-state index is 0.229. The van der Waals surface area contributed by atoms with Crippen molar-refractivity contribution >= 4 is 18.0 Å². The van der Waals surface area contributed by atoms with Crippen LogP contribution in [0.3, 0.4) is 0 Å². The molecule has 0 saturated carbocycles. The highest BCUT2D eigenvalue weighted by molar-refractivity contribution is 6.35. The van der Waals surface area contributed by atoms with E-state index in [1.54, 1.807) is 6.21 Å². The predicted octanol–water partition coefficient (Wildman–Crippen LogP) is 2.46. The molecular formula is C20H24N4O2. The molecule has 0 bridgehead atoms. The average Bonchev–Trinajstić information content (AvgIpc) is 2.88. The van der Waals surface area contributed by atoms with Crippen LogP contribution in [0, 0.1) is 27.7 Å². The lowest BCUT2D eigenvalue weighted by molar-refractivity contribution is -0.139. The number of nitrogens with one attached hydrogen (secondary N) is 2. The molecule has 136 valence electrons. The van der Waals surface area contributed by atoms with Crippen molar-refractivity contribution < 1.29 is 9.59 Å². The Bertz CT molecular complexity index is 878. The van der Waals surface area contributed by atoms with Crippen LogP contribution in [-0.4, -0.2) is 29.1 Å². The van der Waals surface area contributed by atoms with Crippen LogP contribution in [0.1, 0.15) is 28.1 Å². The standard InChI is InChI=1S/C20H24N4O2/c1-6-9-21-19(25)20(26)23-22-12-17-11-15(4)24(16(17)5)18-10-13(2)7-8-14(18)3/h6-8,10-12H,1,9H2,2-5H3,(H,21,25)(H,23,26)/b22-12-. The molecule has 26 heavy (non-hydrogen) atoms. The molecule has 0 aliphatic carbocycles. The van der Waals surface area contributed by atoms with Crippen LogP contribution in [0.25, 0.3) is 5.69 Å². The second kappa shape index (κ2) is 8.29. The minimum Gasteiger partial charge on any atom is -0.344 e. The highest BCUT2D eigenvalue weighted by Crippen LogP contribution is 2.23. The van der Waals surface area contributed by atoms with E-state index in [9.17, 15) is 9.59 Å². The summed E-state index contributed by atoms with van der Waals surface area (Å²) in [6.07, 6.45) is 3.04. The van der Waals surface area contributed by atoms with Crippen LogP contribution in [-0.2, 0) is 9.59 Å². The lowest BCUT2D eigenvalue weighted by atomic mass is 10.1. The molecular weight excluding hydrogens is 328 g/mol. The minimum atomic E-state index is -0.813. The highest BCUT2D eigenvalue weighted by Gasteiger charge is 2.13. The van der Waals surface area contributed by atoms with Gasteiger partial charge in [0.05, 0.1) is 6.21 Å². The smallest absolute Gasteiger partial charge is 0.329 e. The molecule has 1 aromatic heterocycles. The summed E-state index contributed by atoms with van der Waals surface area (Å²) in [6, 6.07) is 8.31. The zero-order valence-corrected chi connectivity index (χ0v) is 15.6. The van der Waals surface area contributed by atoms with Gasteiger partial charge in [0.1, 0.15) is 0 Å². The number of hydrogen-bond acceptors (Lipinski definition) is 3. The lowest BCUT2D eigenvalue weighted by Crippen LogP contribution is -2.37. The van der Waals surface area contributed by atoms with Crippen molar-refractivity contribution in [2.45, 2.75) is 27.7 Å². The van der Waals surface area contributed by atoms with E-state index < -0.39 is 11.8 Å². The SMILES string of the molecule is C=CCNC(=O)C(=O)N/N=C\c1cc(C)n(-c2cc(C)ccc2C)c1C. The first kappa shape index (κ1) is 19.2. The molecule has 0 saturated heterocycles. The number of carbonyl (C=O) groups excluding carboxylic acids is 2. The van der Waals surface area contributed by atoms with Crippen LogP contribution in [0.4, 0.5) is 0 Å². The monoisotopic (exact) mass is 352 g/mol. The Balaban J connectivity index is 2.20. The van der Waals surface area contributed by atoms with Crippen molar-refractivity contribution in [1.82, 2.24) is 15.3 Å². The molecule has 1 heterocycles. The largest absolute Gasteiger partial charge is 0.344 e. The Morgan fingerprint density at radius 2 is 1.88 bits per heavy atom. The van der Waals surface area contributed by atoms with Gasteiger partial charge in [0, 0.05) is 29.2 Å². The maximum atomic E-state index is 11.6. The third-order valence-corrected chi connectivity index (χ3v) is 4.06. The van der Waals surface area contributed by atoms with Crippen molar-refractivity contribution in [1.29, 1.82) is 0 Å². The Hall–Kier alpha value is -3.15. The van der Waals surface area contributed by atoms with Gasteiger partial charge in [-0.1, -0.05) is 18.2 Å². The van der Waals surface area contributed by atoms with Crippen molar-refractivity contribution in [2.24, 2.45) is 5.10 Å². The van der Waals surface area contributed by atoms with E-state index in [2.05, 4.69) is 59.0 Å². The van der Waals surface area contributed by atoms with Crippen LogP contribution in [0.15, 0.2) is 42.0 Å². The van der Waals surface area contributed by atoms with E-state index in [4.69, 9.17) is 0 Å². The molecule has 6 heteroatoms. The van der Waals surface area contributed by atoms with Gasteiger partial charge in [0.2, 0.25) is 0 Å². The van der Waals surface area contributed by atoms with Gasteiger partial charge >= 0.3 is 11.8 Å². The first-order valence-corrected chi connectivity index (χ1v) is 8.33. The van der Waals surface area contributed by atoms with E-state index in [1.165, 1.54) is 17.2 Å². The summed E-state index contributed by atoms with van der Waals surface area (Å²) in [5.74, 6) is -1.56. The van der Waals surface area contributed by atoms with Gasteiger partial charge < -0.3 is 9.88 Å². The summed E-state index contributed by atoms with van der Waals surface area (Å²) in [5, 5.41) is 6.29. The Labute approximate surface area is 153 Å². The molecule has 0 aliphatic rings. The molecule has 6 nitrogen and oxygen atoms in total. The first-order chi connectivity index (χ1) is 12.3. The maximum absolute atomic E-state index is 11.6. The van der Waals surface area contributed by atoms with Crippen LogP contribution in [0.2, 0.25) is 0 Å². The van der Waals surface area contributed by atoms with Crippen LogP contribution < -0.4 is 10.7 Å². The summed E-state index contributed by atoms with van der Waals surface area (Å²) in [5.41, 5.74) is 8.65. The molecule has 2 aromatic rings. The topological polar surface area (TPSA) is 75.5 Å². The molecule has 0 unspecified atom stereocenters. The van der Waals surface area contributed by atoms with Gasteiger partial charge in [-0.15, -0.1) is 6.58 Å². The van der Waals surface area contributed by atoms with Crippen LogP contribution >= 0.6 is 0 Å². The quantitative estimate of drug-likeness (QED) is 0.375. The molecule has 2 rings (SSSR count). The highest BCUT2D eigenvalue weighted by atomic mass is 16.2. The fourth-order valence-electron chi connectivity index (χ4n) is 2.71. The number of nitrogens with zero attached hydrogens (tertiary/aromatic N) is 2. The molecule has 0 aliphatic heterocycles. The van der Waals surface area contributed by atoms with Gasteiger partial charge in [-0.2, -0.15) is 5.10 Å². The summed E-state index contributed by atoms with van der Waals surface area (Å²) < 4.78 is 2.16. The Morgan fingerprint density at radius 3 is 2.58 bits per heavy atom. The van der Waals surface area contributed by atoms with Crippen molar-refractivity contribution in [3.05, 3.63) is 65.0 Å². The zero-order valence-electron chi connectivity index (χ0n) is 15.6. The van der Waals surface area contributed by atoms with E-state index in [1.807, 2.05) is 19.9 Å². The molecule has 0 spiro atoms.